The second-order valence-corrected chi connectivity index (χ2v) is 7.26. The fourth-order valence-corrected chi connectivity index (χ4v) is 3.46. The lowest BCUT2D eigenvalue weighted by Crippen LogP contribution is -2.12. The van der Waals surface area contributed by atoms with E-state index in [0.29, 0.717) is 5.92 Å². The van der Waals surface area contributed by atoms with Gasteiger partial charge in [0.1, 0.15) is 0 Å². The molecule has 3 aromatic rings. The number of imidazole rings is 1. The molecule has 0 amide bonds. The van der Waals surface area contributed by atoms with Crippen LogP contribution in [0.15, 0.2) is 67.3 Å². The van der Waals surface area contributed by atoms with Gasteiger partial charge in [0.25, 0.3) is 0 Å². The standard InChI is InChI=1S/C21H22Cl2N2/c22-20-11-8-17(9-12-20)5-6-18(15-25-14-13-24-16-25)7-10-19-3-1-2-4-21(19)23/h1-4,8-9,11-14,16,18H,5-7,10,15H2. The Morgan fingerprint density at radius 1 is 0.920 bits per heavy atom. The van der Waals surface area contributed by atoms with Crippen LogP contribution in [-0.2, 0) is 19.4 Å². The smallest absolute Gasteiger partial charge is 0.0945 e. The molecule has 3 rings (SSSR count). The van der Waals surface area contributed by atoms with Crippen LogP contribution in [0.1, 0.15) is 24.0 Å². The molecule has 130 valence electrons. The van der Waals surface area contributed by atoms with Crippen molar-refractivity contribution in [1.82, 2.24) is 9.55 Å². The highest BCUT2D eigenvalue weighted by Crippen LogP contribution is 2.23. The summed E-state index contributed by atoms with van der Waals surface area (Å²) < 4.78 is 2.17. The number of halogens is 2. The summed E-state index contributed by atoms with van der Waals surface area (Å²) in [5.74, 6) is 0.571. The maximum Gasteiger partial charge on any atom is 0.0945 e. The first-order chi connectivity index (χ1) is 12.2. The fraction of sp³-hybridized carbons (Fsp3) is 0.286. The van der Waals surface area contributed by atoms with Crippen molar-refractivity contribution in [3.8, 4) is 0 Å². The monoisotopic (exact) mass is 372 g/mol. The summed E-state index contributed by atoms with van der Waals surface area (Å²) in [6.45, 7) is 0.984. The third-order valence-electron chi connectivity index (χ3n) is 4.56. The van der Waals surface area contributed by atoms with Crippen LogP contribution in [0.25, 0.3) is 0 Å². The van der Waals surface area contributed by atoms with Crippen molar-refractivity contribution in [2.75, 3.05) is 0 Å². The third kappa shape index (κ3) is 5.62. The minimum atomic E-state index is 0.571. The van der Waals surface area contributed by atoms with Gasteiger partial charge in [0, 0.05) is 29.0 Å². The first-order valence-electron chi connectivity index (χ1n) is 8.64. The van der Waals surface area contributed by atoms with Crippen LogP contribution in [0.3, 0.4) is 0 Å². The molecule has 0 spiro atoms. The fourth-order valence-electron chi connectivity index (χ4n) is 3.10. The Labute approximate surface area is 159 Å². The molecule has 0 aliphatic rings. The van der Waals surface area contributed by atoms with Gasteiger partial charge >= 0.3 is 0 Å². The average molecular weight is 373 g/mol. The SMILES string of the molecule is Clc1ccc(CCC(CCc2ccccc2Cl)Cn2ccnc2)cc1. The Hall–Kier alpha value is -1.77. The molecule has 0 saturated heterocycles. The molecule has 1 unspecified atom stereocenters. The molecule has 4 heteroatoms. The predicted octanol–water partition coefficient (Wildman–Crippen LogP) is 6.07. The second kappa shape index (κ2) is 9.07. The van der Waals surface area contributed by atoms with E-state index in [1.54, 1.807) is 0 Å². The van der Waals surface area contributed by atoms with Gasteiger partial charge in [-0.1, -0.05) is 53.5 Å². The molecule has 1 aromatic heterocycles. The second-order valence-electron chi connectivity index (χ2n) is 6.42. The first kappa shape index (κ1) is 18.0. The van der Waals surface area contributed by atoms with E-state index in [4.69, 9.17) is 23.2 Å². The molecule has 0 N–H and O–H groups in total. The Bertz CT molecular complexity index is 767. The van der Waals surface area contributed by atoms with E-state index >= 15 is 0 Å². The Morgan fingerprint density at radius 3 is 2.40 bits per heavy atom. The van der Waals surface area contributed by atoms with E-state index in [0.717, 1.165) is 42.3 Å². The summed E-state index contributed by atoms with van der Waals surface area (Å²) >= 11 is 12.3. The number of hydrogen-bond acceptors (Lipinski definition) is 1. The zero-order valence-electron chi connectivity index (χ0n) is 14.1. The van der Waals surface area contributed by atoms with Crippen molar-refractivity contribution in [1.29, 1.82) is 0 Å². The quantitative estimate of drug-likeness (QED) is 0.468. The lowest BCUT2D eigenvalue weighted by molar-refractivity contribution is 0.388. The molecular formula is C21H22Cl2N2. The third-order valence-corrected chi connectivity index (χ3v) is 5.18. The maximum atomic E-state index is 6.31. The topological polar surface area (TPSA) is 17.8 Å². The van der Waals surface area contributed by atoms with Crippen molar-refractivity contribution < 1.29 is 0 Å². The van der Waals surface area contributed by atoms with E-state index in [-0.39, 0.29) is 0 Å². The lowest BCUT2D eigenvalue weighted by atomic mass is 9.93. The molecule has 0 fully saturated rings. The van der Waals surface area contributed by atoms with Gasteiger partial charge in [0.05, 0.1) is 6.33 Å². The molecular weight excluding hydrogens is 351 g/mol. The maximum absolute atomic E-state index is 6.31. The van der Waals surface area contributed by atoms with Gasteiger partial charge < -0.3 is 4.57 Å². The summed E-state index contributed by atoms with van der Waals surface area (Å²) in [5.41, 5.74) is 2.56. The molecule has 0 bridgehead atoms. The van der Waals surface area contributed by atoms with E-state index in [1.165, 1.54) is 11.1 Å². The van der Waals surface area contributed by atoms with Crippen LogP contribution in [0, 0.1) is 5.92 Å². The number of nitrogens with zero attached hydrogens (tertiary/aromatic N) is 2. The molecule has 0 saturated carbocycles. The lowest BCUT2D eigenvalue weighted by Gasteiger charge is -2.18. The summed E-state index contributed by atoms with van der Waals surface area (Å²) in [5, 5.41) is 1.65. The Kier molecular flexibility index (Phi) is 6.55. The summed E-state index contributed by atoms with van der Waals surface area (Å²) in [7, 11) is 0. The van der Waals surface area contributed by atoms with E-state index < -0.39 is 0 Å². The zero-order chi connectivity index (χ0) is 17.5. The first-order valence-corrected chi connectivity index (χ1v) is 9.40. The molecule has 0 radical (unpaired) electrons. The van der Waals surface area contributed by atoms with Crippen LogP contribution in [0.2, 0.25) is 10.0 Å². The molecule has 25 heavy (non-hydrogen) atoms. The molecule has 2 aromatic carbocycles. The summed E-state index contributed by atoms with van der Waals surface area (Å²) in [4.78, 5) is 4.16. The molecule has 1 atom stereocenters. The zero-order valence-corrected chi connectivity index (χ0v) is 15.6. The number of aryl methyl sites for hydroxylation is 2. The van der Waals surface area contributed by atoms with Crippen LogP contribution in [0.4, 0.5) is 0 Å². The predicted molar refractivity (Wildman–Crippen MR) is 105 cm³/mol. The van der Waals surface area contributed by atoms with Gasteiger partial charge in [-0.15, -0.1) is 0 Å². The van der Waals surface area contributed by atoms with Crippen molar-refractivity contribution in [2.45, 2.75) is 32.2 Å². The van der Waals surface area contributed by atoms with E-state index in [2.05, 4.69) is 33.8 Å². The van der Waals surface area contributed by atoms with Crippen LogP contribution < -0.4 is 0 Å². The number of benzene rings is 2. The average Bonchev–Trinajstić information content (AvgIpc) is 3.13. The van der Waals surface area contributed by atoms with Gasteiger partial charge in [-0.25, -0.2) is 4.98 Å². The van der Waals surface area contributed by atoms with Gasteiger partial charge in [-0.05, 0) is 60.9 Å². The van der Waals surface area contributed by atoms with Crippen molar-refractivity contribution in [3.05, 3.63) is 88.4 Å². The minimum Gasteiger partial charge on any atom is -0.337 e. The number of hydrogen-bond donors (Lipinski definition) is 0. The van der Waals surface area contributed by atoms with Gasteiger partial charge in [0.15, 0.2) is 0 Å². The minimum absolute atomic E-state index is 0.571. The van der Waals surface area contributed by atoms with Crippen LogP contribution >= 0.6 is 23.2 Å². The largest absolute Gasteiger partial charge is 0.337 e. The molecule has 0 aliphatic heterocycles. The van der Waals surface area contributed by atoms with Crippen molar-refractivity contribution >= 4 is 23.2 Å². The Morgan fingerprint density at radius 2 is 1.68 bits per heavy atom. The van der Waals surface area contributed by atoms with E-state index in [9.17, 15) is 0 Å². The van der Waals surface area contributed by atoms with Crippen molar-refractivity contribution in [3.63, 3.8) is 0 Å². The van der Waals surface area contributed by atoms with Crippen molar-refractivity contribution in [2.24, 2.45) is 5.92 Å². The highest BCUT2D eigenvalue weighted by atomic mass is 35.5. The summed E-state index contributed by atoms with van der Waals surface area (Å²) in [6, 6.07) is 16.3. The Balaban J connectivity index is 1.62. The number of aromatic nitrogens is 2. The highest BCUT2D eigenvalue weighted by molar-refractivity contribution is 6.31. The van der Waals surface area contributed by atoms with Gasteiger partial charge in [-0.3, -0.25) is 0 Å². The molecule has 1 heterocycles. The normalized spacial score (nSPS) is 12.2. The van der Waals surface area contributed by atoms with Gasteiger partial charge in [-0.2, -0.15) is 0 Å². The van der Waals surface area contributed by atoms with Crippen LogP contribution in [0.5, 0.6) is 0 Å². The summed E-state index contributed by atoms with van der Waals surface area (Å²) in [6.07, 6.45) is 10.1. The van der Waals surface area contributed by atoms with Crippen LogP contribution in [-0.4, -0.2) is 9.55 Å². The molecule has 2 nitrogen and oxygen atoms in total. The van der Waals surface area contributed by atoms with E-state index in [1.807, 2.05) is 43.0 Å². The highest BCUT2D eigenvalue weighted by Gasteiger charge is 2.12. The molecule has 0 aliphatic carbocycles. The van der Waals surface area contributed by atoms with Gasteiger partial charge in [0.2, 0.25) is 0 Å². The number of rotatable bonds is 8.